The van der Waals surface area contributed by atoms with E-state index in [0.29, 0.717) is 4.48 Å². The highest BCUT2D eigenvalue weighted by molar-refractivity contribution is 5.86. The second-order valence-electron chi connectivity index (χ2n) is 7.81. The second kappa shape index (κ2) is 13.6. The minimum Gasteiger partial charge on any atom is -0.544 e. The van der Waals surface area contributed by atoms with Crippen molar-refractivity contribution in [3.63, 3.8) is 0 Å². The van der Waals surface area contributed by atoms with Crippen LogP contribution in [0.5, 0.6) is 0 Å². The smallest absolute Gasteiger partial charge is 0.323 e. The van der Waals surface area contributed by atoms with E-state index < -0.39 is 11.9 Å². The van der Waals surface area contributed by atoms with Crippen LogP contribution in [0.25, 0.3) is 0 Å². The molecule has 0 saturated heterocycles. The largest absolute Gasteiger partial charge is 0.544 e. The number of carbonyl (C=O) groups excluding carboxylic acids is 1. The van der Waals surface area contributed by atoms with E-state index in [1.54, 1.807) is 21.1 Å². The summed E-state index contributed by atoms with van der Waals surface area (Å²) in [6.07, 6.45) is 9.94. The zero-order valence-electron chi connectivity index (χ0n) is 17.0. The van der Waals surface area contributed by atoms with E-state index in [0.717, 1.165) is 31.8 Å². The normalized spacial score (nSPS) is 13.8. The fourth-order valence-corrected chi connectivity index (χ4v) is 2.73. The Kier molecular flexibility index (Phi) is 12.7. The molecule has 26 heavy (non-hydrogen) atoms. The molecule has 0 atom stereocenters. The summed E-state index contributed by atoms with van der Waals surface area (Å²) in [6.45, 7) is 3.95. The van der Waals surface area contributed by atoms with E-state index >= 15 is 0 Å². The van der Waals surface area contributed by atoms with E-state index in [9.17, 15) is 14.7 Å². The Morgan fingerprint density at radius 2 is 1.69 bits per heavy atom. The number of carbonyl (C=O) groups is 2. The van der Waals surface area contributed by atoms with Gasteiger partial charge in [0.1, 0.15) is 13.1 Å². The van der Waals surface area contributed by atoms with E-state index in [4.69, 9.17) is 5.11 Å². The van der Waals surface area contributed by atoms with Gasteiger partial charge in [0, 0.05) is 13.0 Å². The number of carboxylic acid groups (broad SMARTS) is 2. The highest BCUT2D eigenvalue weighted by Crippen LogP contribution is 2.12. The molecule has 152 valence electrons. The molecule has 0 spiro atoms. The Morgan fingerprint density at radius 1 is 1.12 bits per heavy atom. The third-order valence-corrected chi connectivity index (χ3v) is 3.96. The molecule has 1 heterocycles. The summed E-state index contributed by atoms with van der Waals surface area (Å²) in [4.78, 5) is 26.9. The number of aliphatic imine (C=N–C) groups is 1. The van der Waals surface area contributed by atoms with Crippen molar-refractivity contribution in [3.8, 4) is 0 Å². The summed E-state index contributed by atoms with van der Waals surface area (Å²) in [5.74, 6) is -0.757. The topological polar surface area (TPSA) is 93.0 Å². The van der Waals surface area contributed by atoms with Crippen LogP contribution >= 0.6 is 0 Å². The SMILES string of the molecule is CCCCCCCCCC1=NCCN1CC(=O)O.C[N+](C)(C)CC(=O)[O-]. The van der Waals surface area contributed by atoms with Gasteiger partial charge in [0.25, 0.3) is 0 Å². The van der Waals surface area contributed by atoms with Crippen LogP contribution in [0.15, 0.2) is 4.99 Å². The lowest BCUT2D eigenvalue weighted by Crippen LogP contribution is -2.45. The molecule has 7 heteroatoms. The summed E-state index contributed by atoms with van der Waals surface area (Å²) in [7, 11) is 5.40. The minimum absolute atomic E-state index is 0.0694. The number of nitrogens with zero attached hydrogens (tertiary/aromatic N) is 3. The lowest BCUT2D eigenvalue weighted by Gasteiger charge is -2.23. The molecule has 0 bridgehead atoms. The average molecular weight is 372 g/mol. The van der Waals surface area contributed by atoms with Gasteiger partial charge in [-0.15, -0.1) is 0 Å². The summed E-state index contributed by atoms with van der Waals surface area (Å²) in [5, 5.41) is 18.7. The van der Waals surface area contributed by atoms with Crippen LogP contribution in [0.3, 0.4) is 0 Å². The lowest BCUT2D eigenvalue weighted by molar-refractivity contribution is -0.864. The van der Waals surface area contributed by atoms with Crippen molar-refractivity contribution in [2.24, 2.45) is 4.99 Å². The number of aliphatic carboxylic acids is 2. The molecule has 0 saturated carbocycles. The number of likely N-dealkylation sites (N-methyl/N-ethyl adjacent to an activating group) is 1. The lowest BCUT2D eigenvalue weighted by atomic mass is 10.1. The maximum Gasteiger partial charge on any atom is 0.323 e. The molecule has 1 N–H and O–H groups in total. The molecule has 7 nitrogen and oxygen atoms in total. The van der Waals surface area contributed by atoms with E-state index in [1.165, 1.54) is 38.5 Å². The van der Waals surface area contributed by atoms with Crippen molar-refractivity contribution in [2.45, 2.75) is 58.3 Å². The number of hydrogen-bond acceptors (Lipinski definition) is 5. The van der Waals surface area contributed by atoms with Crippen molar-refractivity contribution in [1.82, 2.24) is 4.90 Å². The molecule has 1 aliphatic heterocycles. The van der Waals surface area contributed by atoms with Crippen LogP contribution in [-0.4, -0.2) is 79.6 Å². The molecule has 0 radical (unpaired) electrons. The zero-order valence-corrected chi connectivity index (χ0v) is 17.0. The summed E-state index contributed by atoms with van der Waals surface area (Å²) in [5.41, 5.74) is 0. The number of amidine groups is 1. The number of hydrogen-bond donors (Lipinski definition) is 1. The molecule has 0 aromatic rings. The third kappa shape index (κ3) is 14.7. The van der Waals surface area contributed by atoms with Crippen molar-refractivity contribution in [2.75, 3.05) is 47.3 Å². The highest BCUT2D eigenvalue weighted by Gasteiger charge is 2.18. The average Bonchev–Trinajstić information content (AvgIpc) is 2.91. The molecule has 0 aromatic heterocycles. The van der Waals surface area contributed by atoms with Gasteiger partial charge in [0.15, 0.2) is 0 Å². The van der Waals surface area contributed by atoms with Gasteiger partial charge < -0.3 is 24.4 Å². The molecular weight excluding hydrogens is 334 g/mol. The van der Waals surface area contributed by atoms with Gasteiger partial charge >= 0.3 is 5.97 Å². The summed E-state index contributed by atoms with van der Waals surface area (Å²) < 4.78 is 0.419. The van der Waals surface area contributed by atoms with Crippen LogP contribution in [-0.2, 0) is 9.59 Å². The quantitative estimate of drug-likeness (QED) is 0.413. The molecule has 0 fully saturated rings. The number of carboxylic acids is 2. The van der Waals surface area contributed by atoms with Gasteiger partial charge in [-0.05, 0) is 6.42 Å². The Hall–Kier alpha value is -1.63. The first-order valence-electron chi connectivity index (χ1n) is 9.66. The molecule has 1 rings (SSSR count). The van der Waals surface area contributed by atoms with Gasteiger partial charge in [-0.3, -0.25) is 9.79 Å². The molecule has 1 aliphatic rings. The van der Waals surface area contributed by atoms with Crippen LogP contribution in [0.2, 0.25) is 0 Å². The van der Waals surface area contributed by atoms with Gasteiger partial charge in [-0.25, -0.2) is 0 Å². The van der Waals surface area contributed by atoms with Crippen LogP contribution < -0.4 is 5.11 Å². The van der Waals surface area contributed by atoms with Crippen LogP contribution in [0, 0.1) is 0 Å². The third-order valence-electron chi connectivity index (χ3n) is 3.96. The van der Waals surface area contributed by atoms with Gasteiger partial charge in [0.05, 0.1) is 39.5 Å². The maximum absolute atomic E-state index is 10.7. The molecule has 0 aliphatic carbocycles. The van der Waals surface area contributed by atoms with Crippen LogP contribution in [0.4, 0.5) is 0 Å². The molecular formula is C19H37N3O4. The highest BCUT2D eigenvalue weighted by atomic mass is 16.4. The first-order chi connectivity index (χ1) is 12.2. The Labute approximate surface area is 158 Å². The first kappa shape index (κ1) is 24.4. The minimum atomic E-state index is -1.00. The summed E-state index contributed by atoms with van der Waals surface area (Å²) in [6, 6.07) is 0. The first-order valence-corrected chi connectivity index (χ1v) is 9.66. The molecule has 0 aromatic carbocycles. The fourth-order valence-electron chi connectivity index (χ4n) is 2.73. The van der Waals surface area contributed by atoms with E-state index in [-0.39, 0.29) is 13.1 Å². The Bertz CT molecular complexity index is 445. The Morgan fingerprint density at radius 3 is 2.15 bits per heavy atom. The van der Waals surface area contributed by atoms with Gasteiger partial charge in [0.2, 0.25) is 0 Å². The number of rotatable bonds is 12. The van der Waals surface area contributed by atoms with Gasteiger partial charge in [-0.2, -0.15) is 0 Å². The van der Waals surface area contributed by atoms with Crippen LogP contribution in [0.1, 0.15) is 58.3 Å². The molecule has 0 unspecified atom stereocenters. The zero-order chi connectivity index (χ0) is 20.0. The van der Waals surface area contributed by atoms with Crippen molar-refractivity contribution < 1.29 is 24.3 Å². The van der Waals surface area contributed by atoms with Crippen molar-refractivity contribution in [1.29, 1.82) is 0 Å². The summed E-state index contributed by atoms with van der Waals surface area (Å²) >= 11 is 0. The van der Waals surface area contributed by atoms with Gasteiger partial charge in [-0.1, -0.05) is 45.4 Å². The molecule has 0 amide bonds. The number of unbranched alkanes of at least 4 members (excludes halogenated alkanes) is 6. The predicted octanol–water partition coefficient (Wildman–Crippen LogP) is 1.37. The standard InChI is InChI=1S/C14H26N2O2.C5H11NO2/c1-2-3-4-5-6-7-8-9-13-15-10-11-16(13)12-14(17)18;1-6(2,3)4-5(7)8/h2-12H2,1H3,(H,17,18);4H2,1-3H3. The predicted molar refractivity (Wildman–Crippen MR) is 102 cm³/mol. The van der Waals surface area contributed by atoms with E-state index in [1.807, 2.05) is 4.90 Å². The van der Waals surface area contributed by atoms with E-state index in [2.05, 4.69) is 11.9 Å². The fraction of sp³-hybridized carbons (Fsp3) is 0.842. The Balaban J connectivity index is 0.000000660. The maximum atomic E-state index is 10.7. The number of quaternary nitrogens is 1. The van der Waals surface area contributed by atoms with Crippen molar-refractivity contribution >= 4 is 17.8 Å². The monoisotopic (exact) mass is 371 g/mol. The van der Waals surface area contributed by atoms with Crippen molar-refractivity contribution in [3.05, 3.63) is 0 Å². The second-order valence-corrected chi connectivity index (χ2v) is 7.81.